The van der Waals surface area contributed by atoms with E-state index in [1.54, 1.807) is 0 Å². The highest BCUT2D eigenvalue weighted by Crippen LogP contribution is 2.70. The first-order chi connectivity index (χ1) is 37.2. The molecule has 0 bridgehead atoms. The second-order valence-electron chi connectivity index (χ2n) is 20.6. The smallest absolute Gasteiger partial charge is 0.0726 e. The predicted octanol–water partition coefficient (Wildman–Crippen LogP) is 18.8. The van der Waals surface area contributed by atoms with Gasteiger partial charge in [0, 0.05) is 17.1 Å². The van der Waals surface area contributed by atoms with Crippen molar-refractivity contribution in [2.24, 2.45) is 0 Å². The maximum atomic E-state index is 2.69. The Bertz CT molecular complexity index is 4090. The van der Waals surface area contributed by atoms with E-state index in [0.29, 0.717) is 0 Å². The van der Waals surface area contributed by atoms with Crippen LogP contribution in [0.2, 0.25) is 0 Å². The molecule has 0 unspecified atom stereocenters. The minimum atomic E-state index is -0.653. The normalized spacial score (nSPS) is 13.8. The zero-order valence-electron chi connectivity index (χ0n) is 41.1. The fourth-order valence-electron chi connectivity index (χ4n) is 14.2. The van der Waals surface area contributed by atoms with Crippen LogP contribution in [0.3, 0.4) is 0 Å². The van der Waals surface area contributed by atoms with E-state index in [1.165, 1.54) is 122 Å². The van der Waals surface area contributed by atoms with Crippen molar-refractivity contribution in [3.8, 4) is 77.9 Å². The van der Waals surface area contributed by atoms with E-state index in [1.807, 2.05) is 0 Å². The van der Waals surface area contributed by atoms with E-state index in [9.17, 15) is 0 Å². The van der Waals surface area contributed by atoms with Crippen LogP contribution < -0.4 is 4.90 Å². The zero-order valence-corrected chi connectivity index (χ0v) is 41.1. The van der Waals surface area contributed by atoms with Crippen LogP contribution in [0.15, 0.2) is 285 Å². The molecule has 12 aromatic carbocycles. The van der Waals surface area contributed by atoms with Gasteiger partial charge in [-0.25, -0.2) is 0 Å². The molecule has 16 rings (SSSR count). The van der Waals surface area contributed by atoms with E-state index in [-0.39, 0.29) is 0 Å². The molecule has 0 N–H and O–H groups in total. The van der Waals surface area contributed by atoms with E-state index >= 15 is 0 Å². The third kappa shape index (κ3) is 5.67. The Morgan fingerprint density at radius 1 is 0.187 bits per heavy atom. The molecule has 0 fully saturated rings. The minimum Gasteiger partial charge on any atom is -0.310 e. The summed E-state index contributed by atoms with van der Waals surface area (Å²) in [5, 5.41) is 0. The maximum absolute atomic E-state index is 2.69. The highest BCUT2D eigenvalue weighted by atomic mass is 15.1. The van der Waals surface area contributed by atoms with Crippen LogP contribution in [-0.2, 0) is 10.8 Å². The van der Waals surface area contributed by atoms with Crippen molar-refractivity contribution >= 4 is 17.1 Å². The van der Waals surface area contributed by atoms with Gasteiger partial charge in [0.2, 0.25) is 0 Å². The molecule has 75 heavy (non-hydrogen) atoms. The molecule has 2 spiro atoms. The molecule has 0 saturated carbocycles. The molecular weight excluding hydrogens is 903 g/mol. The van der Waals surface area contributed by atoms with Gasteiger partial charge < -0.3 is 4.90 Å². The molecule has 0 heterocycles. The molecule has 0 aromatic heterocycles. The lowest BCUT2D eigenvalue weighted by molar-refractivity contribution is 0.768. The van der Waals surface area contributed by atoms with Gasteiger partial charge in [-0.3, -0.25) is 0 Å². The Balaban J connectivity index is 1.02. The molecule has 0 saturated heterocycles. The summed E-state index contributed by atoms with van der Waals surface area (Å²) in [5.41, 5.74) is 30.5. The molecular formula is C74H47N. The van der Waals surface area contributed by atoms with Crippen molar-refractivity contribution in [1.29, 1.82) is 0 Å². The molecule has 0 radical (unpaired) electrons. The van der Waals surface area contributed by atoms with Gasteiger partial charge in [0.15, 0.2) is 0 Å². The third-order valence-corrected chi connectivity index (χ3v) is 17.1. The lowest BCUT2D eigenvalue weighted by Gasteiger charge is -2.35. The summed E-state index contributed by atoms with van der Waals surface area (Å²) in [6, 6.07) is 107. The van der Waals surface area contributed by atoms with Crippen LogP contribution in [0.25, 0.3) is 77.9 Å². The number of anilines is 3. The summed E-state index contributed by atoms with van der Waals surface area (Å²) in [6.45, 7) is 0. The second kappa shape index (κ2) is 16.0. The van der Waals surface area contributed by atoms with Crippen molar-refractivity contribution in [1.82, 2.24) is 0 Å². The summed E-state index contributed by atoms with van der Waals surface area (Å²) in [7, 11) is 0. The van der Waals surface area contributed by atoms with Gasteiger partial charge in [0.05, 0.1) is 10.8 Å². The number of fused-ring (bicyclic) bond motifs is 20. The monoisotopic (exact) mass is 949 g/mol. The lowest BCUT2D eigenvalue weighted by atomic mass is 9.66. The number of rotatable bonds is 6. The zero-order chi connectivity index (χ0) is 49.2. The number of nitrogens with zero attached hydrogens (tertiary/aromatic N) is 1. The van der Waals surface area contributed by atoms with Gasteiger partial charge in [0.1, 0.15) is 0 Å². The molecule has 0 amide bonds. The fourth-order valence-corrected chi connectivity index (χ4v) is 14.2. The van der Waals surface area contributed by atoms with Gasteiger partial charge in [-0.2, -0.15) is 0 Å². The van der Waals surface area contributed by atoms with Gasteiger partial charge in [0.25, 0.3) is 0 Å². The number of benzene rings is 12. The van der Waals surface area contributed by atoms with Crippen molar-refractivity contribution in [3.05, 3.63) is 330 Å². The first-order valence-electron chi connectivity index (χ1n) is 26.2. The Morgan fingerprint density at radius 2 is 0.493 bits per heavy atom. The van der Waals surface area contributed by atoms with E-state index in [0.717, 1.165) is 17.1 Å². The van der Waals surface area contributed by atoms with Crippen LogP contribution in [0, 0.1) is 0 Å². The van der Waals surface area contributed by atoms with E-state index in [2.05, 4.69) is 290 Å². The highest BCUT2D eigenvalue weighted by Gasteiger charge is 2.57. The molecule has 0 aliphatic heterocycles. The van der Waals surface area contributed by atoms with Gasteiger partial charge >= 0.3 is 0 Å². The Kier molecular flexibility index (Phi) is 8.94. The topological polar surface area (TPSA) is 3.24 Å². The van der Waals surface area contributed by atoms with Crippen LogP contribution >= 0.6 is 0 Å². The average Bonchev–Trinajstić information content (AvgIpc) is 4.35. The van der Waals surface area contributed by atoms with E-state index < -0.39 is 10.8 Å². The second-order valence-corrected chi connectivity index (χ2v) is 20.6. The standard InChI is InChI=1S/C74H47N/c1-4-20-48(21-5-1)50-36-40-53(41-37-50)75(54-42-38-51(39-43-54)49-22-6-2-7-23-49)55-44-45-61-67(46-55)74(64-33-17-12-28-58(64)59-29-13-18-34-65(59)74)69-47-68-71(70(72(61)69)52-24-8-3-9-25-52)60-30-14-19-35-66(60)73(68)62-31-15-10-26-56(62)57-27-11-16-32-63(57)73/h1-47H. The molecule has 1 nitrogen and oxygen atoms in total. The van der Waals surface area contributed by atoms with E-state index in [4.69, 9.17) is 0 Å². The van der Waals surface area contributed by atoms with Crippen molar-refractivity contribution in [2.75, 3.05) is 4.90 Å². The molecule has 348 valence electrons. The van der Waals surface area contributed by atoms with Crippen molar-refractivity contribution in [3.63, 3.8) is 0 Å². The molecule has 12 aromatic rings. The third-order valence-electron chi connectivity index (χ3n) is 17.1. The highest BCUT2D eigenvalue weighted by molar-refractivity contribution is 6.09. The Labute approximate surface area is 438 Å². The summed E-state index contributed by atoms with van der Waals surface area (Å²) >= 11 is 0. The largest absolute Gasteiger partial charge is 0.310 e. The Hall–Kier alpha value is -9.56. The minimum absolute atomic E-state index is 0.537. The fraction of sp³-hybridized carbons (Fsp3) is 0.0270. The van der Waals surface area contributed by atoms with Crippen LogP contribution in [0.5, 0.6) is 0 Å². The predicted molar refractivity (Wildman–Crippen MR) is 310 cm³/mol. The van der Waals surface area contributed by atoms with Crippen LogP contribution in [0.4, 0.5) is 17.1 Å². The summed E-state index contributed by atoms with van der Waals surface area (Å²) in [6.07, 6.45) is 0. The van der Waals surface area contributed by atoms with Crippen LogP contribution in [-0.4, -0.2) is 0 Å². The number of hydrogen-bond donors (Lipinski definition) is 0. The van der Waals surface area contributed by atoms with Gasteiger partial charge in [-0.05, 0) is 159 Å². The quantitative estimate of drug-likeness (QED) is 0.161. The number of hydrogen-bond acceptors (Lipinski definition) is 1. The average molecular weight is 950 g/mol. The van der Waals surface area contributed by atoms with Gasteiger partial charge in [-0.1, -0.05) is 249 Å². The SMILES string of the molecule is c1ccc(-c2ccc(N(c3ccc(-c4ccccc4)cc3)c3ccc4c(c3)C3(c5ccccc5-c5ccccc53)c3cc5c(c(-c6ccccc6)c3-4)-c3ccccc3C53c4ccccc4-c4ccccc43)cc2)cc1. The summed E-state index contributed by atoms with van der Waals surface area (Å²) < 4.78 is 0. The molecule has 4 aliphatic rings. The van der Waals surface area contributed by atoms with Crippen LogP contribution in [0.1, 0.15) is 44.5 Å². The van der Waals surface area contributed by atoms with Crippen molar-refractivity contribution < 1.29 is 0 Å². The lowest BCUT2D eigenvalue weighted by Crippen LogP contribution is -2.29. The molecule has 0 atom stereocenters. The van der Waals surface area contributed by atoms with Gasteiger partial charge in [-0.15, -0.1) is 0 Å². The maximum Gasteiger partial charge on any atom is 0.0726 e. The molecule has 1 heteroatoms. The first-order valence-corrected chi connectivity index (χ1v) is 26.2. The molecule has 4 aliphatic carbocycles. The Morgan fingerprint density at radius 3 is 0.920 bits per heavy atom. The summed E-state index contributed by atoms with van der Waals surface area (Å²) in [4.78, 5) is 2.46. The first kappa shape index (κ1) is 42.0. The van der Waals surface area contributed by atoms with Crippen molar-refractivity contribution in [2.45, 2.75) is 10.8 Å². The summed E-state index contributed by atoms with van der Waals surface area (Å²) in [5.74, 6) is 0.